The van der Waals surface area contributed by atoms with Crippen LogP contribution in [0, 0.1) is 6.92 Å². The predicted octanol–water partition coefficient (Wildman–Crippen LogP) is 5.31. The number of para-hydroxylation sites is 1. The van der Waals surface area contributed by atoms with Crippen LogP contribution in [-0.4, -0.2) is 26.0 Å². The van der Waals surface area contributed by atoms with E-state index in [1.165, 1.54) is 27.6 Å². The minimum Gasteiger partial charge on any atom is -0.343 e. The van der Waals surface area contributed by atoms with E-state index >= 15 is 0 Å². The zero-order chi connectivity index (χ0) is 23.8. The lowest BCUT2D eigenvalue weighted by Gasteiger charge is -2.27. The average Bonchev–Trinajstić information content (AvgIpc) is 3.22. The molecule has 0 radical (unpaired) electrons. The molecule has 0 amide bonds. The first kappa shape index (κ1) is 21.6. The third-order valence-electron chi connectivity index (χ3n) is 6.94. The zero-order valence-corrected chi connectivity index (χ0v) is 19.9. The first-order valence-electron chi connectivity index (χ1n) is 12.2. The number of aromatic nitrogens is 3. The van der Waals surface area contributed by atoms with Crippen molar-refractivity contribution in [3.8, 4) is 11.4 Å². The van der Waals surface area contributed by atoms with Crippen LogP contribution >= 0.6 is 0 Å². The Kier molecular flexibility index (Phi) is 5.55. The summed E-state index contributed by atoms with van der Waals surface area (Å²) in [6.45, 7) is 5.26. The van der Waals surface area contributed by atoms with E-state index in [1.54, 1.807) is 0 Å². The maximum atomic E-state index is 12.8. The molecule has 0 saturated carbocycles. The fourth-order valence-electron chi connectivity index (χ4n) is 5.08. The van der Waals surface area contributed by atoms with Crippen molar-refractivity contribution < 1.29 is 0 Å². The van der Waals surface area contributed by atoms with Gasteiger partial charge in [-0.3, -0.25) is 9.69 Å². The number of nitrogens with one attached hydrogen (secondary N) is 1. The van der Waals surface area contributed by atoms with Crippen LogP contribution in [0.15, 0.2) is 89.9 Å². The Labute approximate surface area is 204 Å². The quantitative estimate of drug-likeness (QED) is 0.387. The number of rotatable bonds is 5. The summed E-state index contributed by atoms with van der Waals surface area (Å²) in [6.07, 6.45) is 3.00. The third kappa shape index (κ3) is 4.31. The highest BCUT2D eigenvalue weighted by Crippen LogP contribution is 2.26. The van der Waals surface area contributed by atoms with Crippen LogP contribution in [0.25, 0.3) is 22.3 Å². The van der Waals surface area contributed by atoms with Gasteiger partial charge in [-0.2, -0.15) is 0 Å². The van der Waals surface area contributed by atoms with Gasteiger partial charge in [-0.25, -0.2) is 4.98 Å². The van der Waals surface area contributed by atoms with Crippen LogP contribution in [0.3, 0.4) is 0 Å². The Bertz CT molecular complexity index is 1550. The van der Waals surface area contributed by atoms with Gasteiger partial charge in [-0.15, -0.1) is 0 Å². The normalized spacial score (nSPS) is 13.7. The molecule has 0 saturated heterocycles. The number of hydrogen-bond acceptors (Lipinski definition) is 3. The first-order chi connectivity index (χ1) is 17.1. The molecule has 0 spiro atoms. The second kappa shape index (κ2) is 9.01. The number of fused-ring (bicyclic) bond motifs is 2. The van der Waals surface area contributed by atoms with Crippen LogP contribution in [0.5, 0.6) is 0 Å². The van der Waals surface area contributed by atoms with Crippen molar-refractivity contribution in [3.05, 3.63) is 123 Å². The van der Waals surface area contributed by atoms with Crippen molar-refractivity contribution in [2.24, 2.45) is 0 Å². The lowest BCUT2D eigenvalue weighted by atomic mass is 10.0. The fraction of sp³-hybridized carbons (Fsp3) is 0.200. The summed E-state index contributed by atoms with van der Waals surface area (Å²) < 4.78 is 2.34. The highest BCUT2D eigenvalue weighted by molar-refractivity contribution is 5.84. The fourth-order valence-corrected chi connectivity index (χ4v) is 5.08. The van der Waals surface area contributed by atoms with Gasteiger partial charge >= 0.3 is 0 Å². The molecule has 1 aliphatic heterocycles. The lowest BCUT2D eigenvalue weighted by Crippen LogP contribution is -2.35. The molecule has 35 heavy (non-hydrogen) atoms. The average molecular weight is 461 g/mol. The highest BCUT2D eigenvalue weighted by atomic mass is 16.1. The monoisotopic (exact) mass is 460 g/mol. The lowest BCUT2D eigenvalue weighted by molar-refractivity contribution is 0.241. The molecule has 5 heteroatoms. The largest absolute Gasteiger partial charge is 0.343 e. The number of benzene rings is 3. The maximum Gasteiger partial charge on any atom is 0.254 e. The third-order valence-corrected chi connectivity index (χ3v) is 6.94. The second-order valence-electron chi connectivity index (χ2n) is 9.45. The number of hydrogen-bond donors (Lipinski definition) is 1. The highest BCUT2D eigenvalue weighted by Gasteiger charge is 2.22. The number of aryl methyl sites for hydroxylation is 1. The Morgan fingerprint density at radius 2 is 1.69 bits per heavy atom. The Hall–Kier alpha value is -3.96. The molecule has 0 unspecified atom stereocenters. The molecule has 0 bridgehead atoms. The Balaban J connectivity index is 1.29. The SMILES string of the molecule is Cc1ccc(-c2nc3c(c(=O)[nH]2)CCN(Cc2cn(Cc4ccccc4)c4ccccc24)C3)cc1. The molecule has 6 rings (SSSR count). The van der Waals surface area contributed by atoms with Gasteiger partial charge in [0, 0.05) is 54.4 Å². The molecule has 0 fully saturated rings. The van der Waals surface area contributed by atoms with Crippen molar-refractivity contribution in [1.29, 1.82) is 0 Å². The molecule has 174 valence electrons. The Morgan fingerprint density at radius 1 is 0.914 bits per heavy atom. The first-order valence-corrected chi connectivity index (χ1v) is 12.2. The standard InChI is InChI=1S/C30H28N4O/c1-21-11-13-23(14-12-21)29-31-27-20-33(16-15-26(27)30(35)32-29)18-24-19-34(17-22-7-3-2-4-8-22)28-10-6-5-9-25(24)28/h2-14,19H,15-18,20H2,1H3,(H,31,32,35). The van der Waals surface area contributed by atoms with Gasteiger partial charge < -0.3 is 9.55 Å². The van der Waals surface area contributed by atoms with Crippen molar-refractivity contribution in [1.82, 2.24) is 19.4 Å². The smallest absolute Gasteiger partial charge is 0.254 e. The minimum absolute atomic E-state index is 0.00955. The summed E-state index contributed by atoms with van der Waals surface area (Å²) in [5.74, 6) is 0.648. The van der Waals surface area contributed by atoms with Crippen LogP contribution in [0.4, 0.5) is 0 Å². The summed E-state index contributed by atoms with van der Waals surface area (Å²) in [4.78, 5) is 23.1. The summed E-state index contributed by atoms with van der Waals surface area (Å²) in [5, 5.41) is 1.29. The van der Waals surface area contributed by atoms with E-state index in [0.717, 1.165) is 36.5 Å². The predicted molar refractivity (Wildman–Crippen MR) is 140 cm³/mol. The zero-order valence-electron chi connectivity index (χ0n) is 19.9. The molecule has 0 aliphatic carbocycles. The maximum absolute atomic E-state index is 12.8. The second-order valence-corrected chi connectivity index (χ2v) is 9.45. The van der Waals surface area contributed by atoms with Crippen molar-refractivity contribution >= 4 is 10.9 Å². The molecule has 5 aromatic rings. The number of aromatic amines is 1. The van der Waals surface area contributed by atoms with E-state index in [-0.39, 0.29) is 5.56 Å². The van der Waals surface area contributed by atoms with Gasteiger partial charge in [0.25, 0.3) is 5.56 Å². The van der Waals surface area contributed by atoms with E-state index in [4.69, 9.17) is 4.98 Å². The molecule has 1 aliphatic rings. The van der Waals surface area contributed by atoms with E-state index in [1.807, 2.05) is 24.3 Å². The Morgan fingerprint density at radius 3 is 2.51 bits per heavy atom. The molecule has 5 nitrogen and oxygen atoms in total. The van der Waals surface area contributed by atoms with Gasteiger partial charge in [0.2, 0.25) is 0 Å². The van der Waals surface area contributed by atoms with Gasteiger partial charge in [0.1, 0.15) is 5.82 Å². The molecule has 2 aromatic heterocycles. The molecular weight excluding hydrogens is 432 g/mol. The van der Waals surface area contributed by atoms with Crippen LogP contribution < -0.4 is 5.56 Å². The topological polar surface area (TPSA) is 53.9 Å². The number of nitrogens with zero attached hydrogens (tertiary/aromatic N) is 3. The van der Waals surface area contributed by atoms with Gasteiger partial charge in [0.15, 0.2) is 0 Å². The van der Waals surface area contributed by atoms with E-state index in [0.29, 0.717) is 18.8 Å². The molecule has 1 N–H and O–H groups in total. The van der Waals surface area contributed by atoms with Crippen LogP contribution in [0.2, 0.25) is 0 Å². The van der Waals surface area contributed by atoms with Gasteiger partial charge in [-0.1, -0.05) is 78.4 Å². The number of H-pyrrole nitrogens is 1. The summed E-state index contributed by atoms with van der Waals surface area (Å²) in [6, 6.07) is 27.3. The van der Waals surface area contributed by atoms with E-state index < -0.39 is 0 Å². The molecule has 3 heterocycles. The summed E-state index contributed by atoms with van der Waals surface area (Å²) in [5.41, 5.74) is 7.68. The minimum atomic E-state index is -0.00955. The van der Waals surface area contributed by atoms with Gasteiger partial charge in [-0.05, 0) is 30.5 Å². The van der Waals surface area contributed by atoms with Crippen molar-refractivity contribution in [3.63, 3.8) is 0 Å². The molecular formula is C30H28N4O. The van der Waals surface area contributed by atoms with Crippen molar-refractivity contribution in [2.45, 2.75) is 33.0 Å². The molecule has 0 atom stereocenters. The summed E-state index contributed by atoms with van der Waals surface area (Å²) >= 11 is 0. The van der Waals surface area contributed by atoms with E-state index in [9.17, 15) is 4.79 Å². The molecule has 3 aromatic carbocycles. The van der Waals surface area contributed by atoms with Crippen LogP contribution in [-0.2, 0) is 26.1 Å². The van der Waals surface area contributed by atoms with E-state index in [2.05, 4.69) is 82.2 Å². The summed E-state index contributed by atoms with van der Waals surface area (Å²) in [7, 11) is 0. The van der Waals surface area contributed by atoms with Gasteiger partial charge in [0.05, 0.1) is 5.69 Å². The van der Waals surface area contributed by atoms with Crippen LogP contribution in [0.1, 0.15) is 27.9 Å². The van der Waals surface area contributed by atoms with Crippen molar-refractivity contribution in [2.75, 3.05) is 6.54 Å².